The van der Waals surface area contributed by atoms with Crippen molar-refractivity contribution in [2.24, 2.45) is 0 Å². The average molecular weight is 351 g/mol. The number of nitro groups is 1. The van der Waals surface area contributed by atoms with Crippen LogP contribution in [0.3, 0.4) is 0 Å². The maximum atomic E-state index is 12.1. The van der Waals surface area contributed by atoms with Crippen LogP contribution >= 0.6 is 0 Å². The van der Waals surface area contributed by atoms with Crippen LogP contribution in [0.5, 0.6) is 5.75 Å². The summed E-state index contributed by atoms with van der Waals surface area (Å²) in [6, 6.07) is 5.70. The van der Waals surface area contributed by atoms with Gasteiger partial charge in [0, 0.05) is 5.56 Å². The van der Waals surface area contributed by atoms with E-state index in [-0.39, 0.29) is 35.5 Å². The maximum Gasteiger partial charge on any atom is 0.387 e. The van der Waals surface area contributed by atoms with Gasteiger partial charge < -0.3 is 9.15 Å². The van der Waals surface area contributed by atoms with Crippen molar-refractivity contribution in [3.05, 3.63) is 52.2 Å². The molecule has 0 saturated heterocycles. The monoisotopic (exact) mass is 351 g/mol. The highest BCUT2D eigenvalue weighted by atomic mass is 19.3. The quantitative estimate of drug-likeness (QED) is 0.496. The van der Waals surface area contributed by atoms with E-state index in [0.29, 0.717) is 5.56 Å². The van der Waals surface area contributed by atoms with Crippen molar-refractivity contribution in [3.63, 3.8) is 0 Å². The Morgan fingerprint density at radius 2 is 2.04 bits per heavy atom. The molecule has 2 aromatic heterocycles. The van der Waals surface area contributed by atoms with Crippen molar-refractivity contribution < 1.29 is 22.9 Å². The van der Waals surface area contributed by atoms with Gasteiger partial charge in [0.25, 0.3) is 0 Å². The molecule has 130 valence electrons. The number of aromatic nitrogens is 4. The van der Waals surface area contributed by atoms with Gasteiger partial charge in [0.15, 0.2) is 0 Å². The Balaban J connectivity index is 1.74. The van der Waals surface area contributed by atoms with Crippen LogP contribution in [0, 0.1) is 17.0 Å². The summed E-state index contributed by atoms with van der Waals surface area (Å²) in [5, 5.41) is 22.5. The highest BCUT2D eigenvalue weighted by Crippen LogP contribution is 2.23. The number of hydrogen-bond donors (Lipinski definition) is 0. The summed E-state index contributed by atoms with van der Waals surface area (Å²) in [6.45, 7) is -1.31. The number of nitrogens with zero attached hydrogens (tertiary/aromatic N) is 5. The molecule has 0 bridgehead atoms. The SMILES string of the molecule is Cc1nn(Cc2nnc(-c3ccc(OC(F)F)cc3)o2)cc1[N+](=O)[O-]. The van der Waals surface area contributed by atoms with Crippen molar-refractivity contribution in [1.82, 2.24) is 20.0 Å². The van der Waals surface area contributed by atoms with Crippen molar-refractivity contribution in [2.75, 3.05) is 0 Å². The number of hydrogen-bond acceptors (Lipinski definition) is 7. The smallest absolute Gasteiger partial charge is 0.387 e. The summed E-state index contributed by atoms with van der Waals surface area (Å²) in [5.74, 6) is 0.384. The van der Waals surface area contributed by atoms with E-state index >= 15 is 0 Å². The predicted molar refractivity (Wildman–Crippen MR) is 79.1 cm³/mol. The number of halogens is 2. The lowest BCUT2D eigenvalue weighted by Gasteiger charge is -2.03. The molecule has 11 heteroatoms. The minimum Gasteiger partial charge on any atom is -0.435 e. The Morgan fingerprint density at radius 1 is 1.32 bits per heavy atom. The van der Waals surface area contributed by atoms with Crippen molar-refractivity contribution in [3.8, 4) is 17.2 Å². The molecule has 3 rings (SSSR count). The summed E-state index contributed by atoms with van der Waals surface area (Å²) in [7, 11) is 0. The number of ether oxygens (including phenoxy) is 1. The van der Waals surface area contributed by atoms with Gasteiger partial charge in [-0.3, -0.25) is 14.8 Å². The molecule has 0 N–H and O–H groups in total. The molecule has 0 aliphatic rings. The van der Waals surface area contributed by atoms with Crippen LogP contribution in [-0.2, 0) is 6.54 Å². The predicted octanol–water partition coefficient (Wildman–Crippen LogP) is 2.80. The normalized spacial score (nSPS) is 11.0. The van der Waals surface area contributed by atoms with Gasteiger partial charge in [0.1, 0.15) is 24.2 Å². The standard InChI is InChI=1S/C14H11F2N5O4/c1-8-11(21(22)23)6-20(19-8)7-12-17-18-13(25-12)9-2-4-10(5-3-9)24-14(15)16/h2-6,14H,7H2,1H3. The summed E-state index contributed by atoms with van der Waals surface area (Å²) in [5.41, 5.74) is 0.691. The lowest BCUT2D eigenvalue weighted by atomic mass is 10.2. The van der Waals surface area contributed by atoms with Crippen molar-refractivity contribution in [2.45, 2.75) is 20.1 Å². The van der Waals surface area contributed by atoms with Crippen LogP contribution in [0.2, 0.25) is 0 Å². The molecule has 0 radical (unpaired) electrons. The Bertz CT molecular complexity index is 891. The third-order valence-corrected chi connectivity index (χ3v) is 3.21. The van der Waals surface area contributed by atoms with Crippen LogP contribution in [0.1, 0.15) is 11.6 Å². The molecule has 9 nitrogen and oxygen atoms in total. The van der Waals surface area contributed by atoms with Gasteiger partial charge in [0.2, 0.25) is 11.8 Å². The molecule has 1 aromatic carbocycles. The number of aryl methyl sites for hydroxylation is 1. The number of benzene rings is 1. The topological polar surface area (TPSA) is 109 Å². The molecule has 0 unspecified atom stereocenters. The first-order chi connectivity index (χ1) is 11.9. The highest BCUT2D eigenvalue weighted by Gasteiger charge is 2.17. The van der Waals surface area contributed by atoms with E-state index in [2.05, 4.69) is 20.0 Å². The van der Waals surface area contributed by atoms with E-state index in [9.17, 15) is 18.9 Å². The molecule has 0 amide bonds. The van der Waals surface area contributed by atoms with Crippen LogP contribution in [-0.4, -0.2) is 31.5 Å². The van der Waals surface area contributed by atoms with Crippen LogP contribution < -0.4 is 4.74 Å². The van der Waals surface area contributed by atoms with Crippen LogP contribution in [0.15, 0.2) is 34.9 Å². The van der Waals surface area contributed by atoms with Crippen LogP contribution in [0.4, 0.5) is 14.5 Å². The Morgan fingerprint density at radius 3 is 2.64 bits per heavy atom. The average Bonchev–Trinajstić information content (AvgIpc) is 3.14. The lowest BCUT2D eigenvalue weighted by molar-refractivity contribution is -0.385. The van der Waals surface area contributed by atoms with E-state index in [4.69, 9.17) is 4.42 Å². The maximum absolute atomic E-state index is 12.1. The molecule has 0 spiro atoms. The van der Waals surface area contributed by atoms with Gasteiger partial charge in [-0.25, -0.2) is 0 Å². The first kappa shape index (κ1) is 16.5. The minimum absolute atomic E-state index is 0.0119. The van der Waals surface area contributed by atoms with Gasteiger partial charge in [-0.1, -0.05) is 0 Å². The number of alkyl halides is 2. The second kappa shape index (κ2) is 6.63. The zero-order chi connectivity index (χ0) is 18.0. The Hall–Kier alpha value is -3.37. The molecule has 0 fully saturated rings. The molecule has 0 aliphatic heterocycles. The van der Waals surface area contributed by atoms with E-state index < -0.39 is 11.5 Å². The van der Waals surface area contributed by atoms with Crippen molar-refractivity contribution >= 4 is 5.69 Å². The van der Waals surface area contributed by atoms with Crippen LogP contribution in [0.25, 0.3) is 11.5 Å². The molecule has 2 heterocycles. The largest absolute Gasteiger partial charge is 0.435 e. The van der Waals surface area contributed by atoms with E-state index in [0.717, 1.165) is 0 Å². The second-order valence-electron chi connectivity index (χ2n) is 4.96. The molecular formula is C14H11F2N5O4. The Labute approximate surface area is 139 Å². The Kier molecular flexibility index (Phi) is 4.37. The summed E-state index contributed by atoms with van der Waals surface area (Å²) in [4.78, 5) is 10.3. The zero-order valence-corrected chi connectivity index (χ0v) is 12.8. The van der Waals surface area contributed by atoms with Crippen molar-refractivity contribution in [1.29, 1.82) is 0 Å². The summed E-state index contributed by atoms with van der Waals surface area (Å²) < 4.78 is 35.3. The molecule has 0 saturated carbocycles. The van der Waals surface area contributed by atoms with Gasteiger partial charge in [-0.15, -0.1) is 10.2 Å². The molecule has 25 heavy (non-hydrogen) atoms. The number of rotatable bonds is 6. The van der Waals surface area contributed by atoms with Gasteiger partial charge in [0.05, 0.1) is 4.92 Å². The molecular weight excluding hydrogens is 340 g/mol. The van der Waals surface area contributed by atoms with Gasteiger partial charge in [-0.2, -0.15) is 13.9 Å². The second-order valence-corrected chi connectivity index (χ2v) is 4.96. The first-order valence-electron chi connectivity index (χ1n) is 6.98. The summed E-state index contributed by atoms with van der Waals surface area (Å²) in [6.07, 6.45) is 1.27. The zero-order valence-electron chi connectivity index (χ0n) is 12.8. The van der Waals surface area contributed by atoms with Gasteiger partial charge >= 0.3 is 12.3 Å². The first-order valence-corrected chi connectivity index (χ1v) is 6.98. The fourth-order valence-corrected chi connectivity index (χ4v) is 2.12. The fraction of sp³-hybridized carbons (Fsp3) is 0.214. The van der Waals surface area contributed by atoms with E-state index in [1.165, 1.54) is 42.1 Å². The fourth-order valence-electron chi connectivity index (χ4n) is 2.12. The molecule has 0 aliphatic carbocycles. The van der Waals surface area contributed by atoms with Gasteiger partial charge in [-0.05, 0) is 31.2 Å². The molecule has 0 atom stereocenters. The lowest BCUT2D eigenvalue weighted by Crippen LogP contribution is -2.01. The molecule has 3 aromatic rings. The van der Waals surface area contributed by atoms with E-state index in [1.54, 1.807) is 0 Å². The minimum atomic E-state index is -2.90. The third-order valence-electron chi connectivity index (χ3n) is 3.21. The van der Waals surface area contributed by atoms with E-state index in [1.807, 2.05) is 0 Å². The third kappa shape index (κ3) is 3.76. The highest BCUT2D eigenvalue weighted by molar-refractivity contribution is 5.53. The summed E-state index contributed by atoms with van der Waals surface area (Å²) >= 11 is 0.